The molecule has 0 fully saturated rings. The minimum Gasteiger partial charge on any atom is -0.508 e. The fraction of sp³-hybridized carbons (Fsp3) is 0.294. The highest BCUT2D eigenvalue weighted by Crippen LogP contribution is 2.37. The lowest BCUT2D eigenvalue weighted by molar-refractivity contribution is 0.289. The lowest BCUT2D eigenvalue weighted by Crippen LogP contribution is -1.85. The van der Waals surface area contributed by atoms with E-state index >= 15 is 0 Å². The molecule has 0 amide bonds. The number of aryl methyl sites for hydroxylation is 2. The van der Waals surface area contributed by atoms with Crippen LogP contribution in [0.5, 0.6) is 5.75 Å². The number of fused-ring (bicyclic) bond motifs is 1. The number of benzene rings is 1. The first-order valence-electron chi connectivity index (χ1n) is 7.16. The summed E-state index contributed by atoms with van der Waals surface area (Å²) in [6.45, 7) is 2.36. The van der Waals surface area contributed by atoms with E-state index in [1.807, 2.05) is 12.1 Å². The van der Waals surface area contributed by atoms with Gasteiger partial charge in [0, 0.05) is 22.9 Å². The Balaban J connectivity index is 2.02. The van der Waals surface area contributed by atoms with Gasteiger partial charge in [0.05, 0.1) is 4.88 Å². The zero-order valence-corrected chi connectivity index (χ0v) is 12.7. The number of thiophene rings is 1. The number of aromatic hydroxyl groups is 1. The molecule has 0 aliphatic rings. The van der Waals surface area contributed by atoms with E-state index in [1.54, 1.807) is 23.5 Å². The molecule has 0 aliphatic heterocycles. The van der Waals surface area contributed by atoms with Gasteiger partial charge in [-0.25, -0.2) is 0 Å². The molecule has 0 unspecified atom stereocenters. The van der Waals surface area contributed by atoms with Crippen molar-refractivity contribution in [3.05, 3.63) is 40.8 Å². The fourth-order valence-electron chi connectivity index (χ4n) is 2.47. The van der Waals surface area contributed by atoms with Crippen molar-refractivity contribution >= 4 is 22.3 Å². The third-order valence-electron chi connectivity index (χ3n) is 3.55. The Hall–Kier alpha value is -1.78. The van der Waals surface area contributed by atoms with Crippen LogP contribution in [-0.2, 0) is 12.8 Å². The molecular weight excluding hydrogens is 284 g/mol. The number of phenolic OH excluding ortho intramolecular Hbond substituents is 1. The summed E-state index contributed by atoms with van der Waals surface area (Å²) in [5, 5.41) is 19.5. The second-order valence-corrected chi connectivity index (χ2v) is 6.22. The van der Waals surface area contributed by atoms with Gasteiger partial charge in [-0.1, -0.05) is 6.92 Å². The van der Waals surface area contributed by atoms with Gasteiger partial charge in [-0.2, -0.15) is 0 Å². The molecule has 0 radical (unpaired) electrons. The van der Waals surface area contributed by atoms with Crippen LogP contribution in [0.3, 0.4) is 0 Å². The van der Waals surface area contributed by atoms with E-state index in [4.69, 9.17) is 9.52 Å². The van der Waals surface area contributed by atoms with Crippen LogP contribution in [0.25, 0.3) is 21.6 Å². The maximum Gasteiger partial charge on any atom is 0.145 e. The van der Waals surface area contributed by atoms with E-state index in [9.17, 15) is 5.11 Å². The van der Waals surface area contributed by atoms with Crippen LogP contribution < -0.4 is 0 Å². The van der Waals surface area contributed by atoms with Crippen molar-refractivity contribution in [2.75, 3.05) is 6.61 Å². The van der Waals surface area contributed by atoms with E-state index in [0.717, 1.165) is 35.3 Å². The molecule has 0 bridgehead atoms. The third kappa shape index (κ3) is 2.82. The van der Waals surface area contributed by atoms with Gasteiger partial charge in [0.15, 0.2) is 0 Å². The first-order chi connectivity index (χ1) is 10.2. The van der Waals surface area contributed by atoms with Gasteiger partial charge >= 0.3 is 0 Å². The molecule has 0 atom stereocenters. The average molecular weight is 302 g/mol. The van der Waals surface area contributed by atoms with Crippen molar-refractivity contribution < 1.29 is 14.6 Å². The Kier molecular flexibility index (Phi) is 3.99. The first kappa shape index (κ1) is 14.2. The van der Waals surface area contributed by atoms with Crippen molar-refractivity contribution in [2.24, 2.45) is 0 Å². The highest BCUT2D eigenvalue weighted by Gasteiger charge is 2.14. The summed E-state index contributed by atoms with van der Waals surface area (Å²) >= 11 is 1.73. The summed E-state index contributed by atoms with van der Waals surface area (Å²) in [5.74, 6) is 1.07. The number of furan rings is 1. The van der Waals surface area contributed by atoms with E-state index in [1.165, 1.54) is 10.4 Å². The van der Waals surface area contributed by atoms with Crippen molar-refractivity contribution in [1.29, 1.82) is 0 Å². The van der Waals surface area contributed by atoms with Gasteiger partial charge in [0.25, 0.3) is 0 Å². The second kappa shape index (κ2) is 5.92. The molecule has 3 aromatic rings. The Morgan fingerprint density at radius 3 is 2.81 bits per heavy atom. The van der Waals surface area contributed by atoms with Gasteiger partial charge in [-0.15, -0.1) is 11.3 Å². The molecule has 0 saturated carbocycles. The minimum atomic E-state index is 0.217. The van der Waals surface area contributed by atoms with E-state index < -0.39 is 0 Å². The number of aliphatic hydroxyl groups is 1. The molecule has 110 valence electrons. The third-order valence-corrected chi connectivity index (χ3v) is 4.80. The quantitative estimate of drug-likeness (QED) is 0.736. The van der Waals surface area contributed by atoms with Gasteiger partial charge in [0.2, 0.25) is 0 Å². The Morgan fingerprint density at radius 2 is 2.05 bits per heavy atom. The molecule has 2 N–H and O–H groups in total. The molecular formula is C17H18O3S. The maximum atomic E-state index is 9.53. The van der Waals surface area contributed by atoms with E-state index in [-0.39, 0.29) is 12.4 Å². The molecule has 0 saturated heterocycles. The number of hydrogen-bond donors (Lipinski definition) is 2. The lowest BCUT2D eigenvalue weighted by atomic mass is 10.1. The number of aliphatic hydroxyl groups excluding tert-OH is 1. The Labute approximate surface area is 127 Å². The standard InChI is InChI=1S/C17H18O3S/c1-2-11-8-14(4-3-7-18)21-17(11)16-9-12-5-6-13(19)10-15(12)20-16/h5-6,8-10,18-19H,2-4,7H2,1H3. The maximum absolute atomic E-state index is 9.53. The number of hydrogen-bond acceptors (Lipinski definition) is 4. The number of phenols is 1. The zero-order chi connectivity index (χ0) is 14.8. The highest BCUT2D eigenvalue weighted by atomic mass is 32.1. The highest BCUT2D eigenvalue weighted by molar-refractivity contribution is 7.15. The summed E-state index contributed by atoms with van der Waals surface area (Å²) in [7, 11) is 0. The molecule has 21 heavy (non-hydrogen) atoms. The van der Waals surface area contributed by atoms with Crippen LogP contribution >= 0.6 is 11.3 Å². The van der Waals surface area contributed by atoms with Crippen LogP contribution in [0.1, 0.15) is 23.8 Å². The van der Waals surface area contributed by atoms with Crippen molar-refractivity contribution in [3.63, 3.8) is 0 Å². The first-order valence-corrected chi connectivity index (χ1v) is 7.98. The molecule has 2 heterocycles. The van der Waals surface area contributed by atoms with Crippen molar-refractivity contribution in [3.8, 4) is 16.4 Å². The molecule has 2 aromatic heterocycles. The SMILES string of the molecule is CCc1cc(CCCO)sc1-c1cc2ccc(O)cc2o1. The van der Waals surface area contributed by atoms with E-state index in [0.29, 0.717) is 5.58 Å². The zero-order valence-electron chi connectivity index (χ0n) is 11.9. The largest absolute Gasteiger partial charge is 0.508 e. The summed E-state index contributed by atoms with van der Waals surface area (Å²) < 4.78 is 5.90. The predicted octanol–water partition coefficient (Wildman–Crippen LogP) is 4.35. The Morgan fingerprint density at radius 1 is 1.19 bits per heavy atom. The summed E-state index contributed by atoms with van der Waals surface area (Å²) in [4.78, 5) is 2.43. The molecule has 0 spiro atoms. The van der Waals surface area contributed by atoms with Crippen LogP contribution in [0.2, 0.25) is 0 Å². The average Bonchev–Trinajstić information content (AvgIpc) is 3.07. The monoisotopic (exact) mass is 302 g/mol. The van der Waals surface area contributed by atoms with Crippen molar-refractivity contribution in [1.82, 2.24) is 0 Å². The van der Waals surface area contributed by atoms with Crippen LogP contribution in [0.15, 0.2) is 34.7 Å². The molecule has 3 rings (SSSR count). The predicted molar refractivity (Wildman–Crippen MR) is 86.0 cm³/mol. The lowest BCUT2D eigenvalue weighted by Gasteiger charge is -1.95. The van der Waals surface area contributed by atoms with Crippen LogP contribution in [0.4, 0.5) is 0 Å². The van der Waals surface area contributed by atoms with E-state index in [2.05, 4.69) is 13.0 Å². The molecule has 1 aromatic carbocycles. The smallest absolute Gasteiger partial charge is 0.145 e. The molecule has 3 nitrogen and oxygen atoms in total. The normalized spacial score (nSPS) is 11.3. The summed E-state index contributed by atoms with van der Waals surface area (Å²) in [6, 6.07) is 9.41. The minimum absolute atomic E-state index is 0.217. The molecule has 0 aliphatic carbocycles. The van der Waals surface area contributed by atoms with Gasteiger partial charge in [0.1, 0.15) is 17.1 Å². The van der Waals surface area contributed by atoms with Crippen LogP contribution in [-0.4, -0.2) is 16.8 Å². The van der Waals surface area contributed by atoms with Gasteiger partial charge in [-0.3, -0.25) is 0 Å². The summed E-state index contributed by atoms with van der Waals surface area (Å²) in [6.07, 6.45) is 2.64. The Bertz CT molecular complexity index is 755. The number of rotatable bonds is 5. The topological polar surface area (TPSA) is 53.6 Å². The van der Waals surface area contributed by atoms with Gasteiger partial charge in [-0.05, 0) is 49.1 Å². The van der Waals surface area contributed by atoms with Crippen LogP contribution in [0, 0.1) is 0 Å². The van der Waals surface area contributed by atoms with Gasteiger partial charge < -0.3 is 14.6 Å². The van der Waals surface area contributed by atoms with Crippen molar-refractivity contribution in [2.45, 2.75) is 26.2 Å². The summed E-state index contributed by atoms with van der Waals surface area (Å²) in [5.41, 5.74) is 1.98. The second-order valence-electron chi connectivity index (χ2n) is 5.08. The fourth-order valence-corrected chi connectivity index (χ4v) is 3.71. The molecule has 4 heteroatoms.